The lowest BCUT2D eigenvalue weighted by Gasteiger charge is -2.35. The van der Waals surface area contributed by atoms with Crippen LogP contribution in [0.15, 0.2) is 59.8 Å². The van der Waals surface area contributed by atoms with E-state index in [0.29, 0.717) is 6.42 Å². The highest BCUT2D eigenvalue weighted by atomic mass is 16.6. The Morgan fingerprint density at radius 1 is 1.07 bits per heavy atom. The summed E-state index contributed by atoms with van der Waals surface area (Å²) in [5.74, 6) is 0.830. The SMILES string of the molecule is COc1ccc(C2=NO[C@@H](C(=O)N3CCN(Cc4ccccc4)CC3)C2)cc1. The number of carbonyl (C=O) groups is 1. The quantitative estimate of drug-likeness (QED) is 0.801. The third kappa shape index (κ3) is 4.17. The van der Waals surface area contributed by atoms with Crippen LogP contribution in [-0.4, -0.2) is 60.8 Å². The Balaban J connectivity index is 1.28. The van der Waals surface area contributed by atoms with Crippen molar-refractivity contribution in [3.8, 4) is 5.75 Å². The number of piperazine rings is 1. The minimum atomic E-state index is -0.516. The number of hydrogen-bond acceptors (Lipinski definition) is 5. The molecule has 0 N–H and O–H groups in total. The zero-order chi connectivity index (χ0) is 19.3. The van der Waals surface area contributed by atoms with Gasteiger partial charge in [-0.3, -0.25) is 9.69 Å². The van der Waals surface area contributed by atoms with Crippen LogP contribution < -0.4 is 4.74 Å². The van der Waals surface area contributed by atoms with E-state index in [1.54, 1.807) is 7.11 Å². The summed E-state index contributed by atoms with van der Waals surface area (Å²) in [5, 5.41) is 4.15. The lowest BCUT2D eigenvalue weighted by molar-refractivity contribution is -0.143. The van der Waals surface area contributed by atoms with Crippen LogP contribution in [0.5, 0.6) is 5.75 Å². The summed E-state index contributed by atoms with van der Waals surface area (Å²) in [6.07, 6.45) is -0.00663. The molecule has 0 radical (unpaired) electrons. The van der Waals surface area contributed by atoms with Gasteiger partial charge < -0.3 is 14.5 Å². The molecule has 2 aromatic carbocycles. The van der Waals surface area contributed by atoms with Crippen molar-refractivity contribution < 1.29 is 14.4 Å². The number of methoxy groups -OCH3 is 1. The molecular formula is C22H25N3O3. The molecule has 2 aromatic rings. The molecule has 28 heavy (non-hydrogen) atoms. The van der Waals surface area contributed by atoms with Crippen LogP contribution >= 0.6 is 0 Å². The van der Waals surface area contributed by atoms with E-state index in [1.807, 2.05) is 35.2 Å². The van der Waals surface area contributed by atoms with Gasteiger partial charge in [0.1, 0.15) is 5.75 Å². The van der Waals surface area contributed by atoms with Gasteiger partial charge in [0.2, 0.25) is 6.10 Å². The van der Waals surface area contributed by atoms with Gasteiger partial charge in [-0.1, -0.05) is 35.5 Å². The smallest absolute Gasteiger partial charge is 0.266 e. The molecule has 0 unspecified atom stereocenters. The van der Waals surface area contributed by atoms with E-state index in [2.05, 4.69) is 34.3 Å². The van der Waals surface area contributed by atoms with E-state index in [-0.39, 0.29) is 5.91 Å². The second-order valence-electron chi connectivity index (χ2n) is 7.15. The fourth-order valence-electron chi connectivity index (χ4n) is 3.64. The number of benzene rings is 2. The predicted octanol–water partition coefficient (Wildman–Crippen LogP) is 2.53. The molecule has 0 saturated carbocycles. The van der Waals surface area contributed by atoms with Crippen molar-refractivity contribution in [3.05, 3.63) is 65.7 Å². The number of rotatable bonds is 5. The van der Waals surface area contributed by atoms with Gasteiger partial charge in [0, 0.05) is 39.1 Å². The molecule has 2 heterocycles. The summed E-state index contributed by atoms with van der Waals surface area (Å²) in [6, 6.07) is 18.1. The van der Waals surface area contributed by atoms with Crippen LogP contribution in [0, 0.1) is 0 Å². The van der Waals surface area contributed by atoms with Crippen LogP contribution in [0.2, 0.25) is 0 Å². The van der Waals surface area contributed by atoms with E-state index in [9.17, 15) is 4.79 Å². The summed E-state index contributed by atoms with van der Waals surface area (Å²) in [7, 11) is 1.64. The standard InChI is InChI=1S/C22H25N3O3/c1-27-19-9-7-18(8-10-19)20-15-21(28-23-20)22(26)25-13-11-24(12-14-25)16-17-5-3-2-4-6-17/h2-10,21H,11-16H2,1H3/t21-/m1/s1. The van der Waals surface area contributed by atoms with Gasteiger partial charge in [-0.15, -0.1) is 0 Å². The average Bonchev–Trinajstić information content (AvgIpc) is 3.25. The fourth-order valence-corrected chi connectivity index (χ4v) is 3.64. The Hall–Kier alpha value is -2.86. The molecule has 6 heteroatoms. The van der Waals surface area contributed by atoms with Crippen molar-refractivity contribution >= 4 is 11.6 Å². The molecule has 1 saturated heterocycles. The van der Waals surface area contributed by atoms with Gasteiger partial charge in [-0.25, -0.2) is 0 Å². The van der Waals surface area contributed by atoms with E-state index in [4.69, 9.17) is 9.57 Å². The molecule has 0 aliphatic carbocycles. The molecule has 1 fully saturated rings. The monoisotopic (exact) mass is 379 g/mol. The number of nitrogens with zero attached hydrogens (tertiary/aromatic N) is 3. The molecule has 0 bridgehead atoms. The topological polar surface area (TPSA) is 54.4 Å². The lowest BCUT2D eigenvalue weighted by Crippen LogP contribution is -2.51. The molecule has 0 spiro atoms. The average molecular weight is 379 g/mol. The Labute approximate surface area is 165 Å². The van der Waals surface area contributed by atoms with E-state index >= 15 is 0 Å². The number of amides is 1. The zero-order valence-electron chi connectivity index (χ0n) is 16.1. The number of ether oxygens (including phenoxy) is 1. The van der Waals surface area contributed by atoms with Gasteiger partial charge in [-0.05, 0) is 35.4 Å². The molecule has 6 nitrogen and oxygen atoms in total. The lowest BCUT2D eigenvalue weighted by atomic mass is 10.0. The van der Waals surface area contributed by atoms with Crippen molar-refractivity contribution in [2.45, 2.75) is 19.1 Å². The van der Waals surface area contributed by atoms with E-state index < -0.39 is 6.10 Å². The zero-order valence-corrected chi connectivity index (χ0v) is 16.1. The summed E-state index contributed by atoms with van der Waals surface area (Å²) < 4.78 is 5.18. The fraction of sp³-hybridized carbons (Fsp3) is 0.364. The molecular weight excluding hydrogens is 354 g/mol. The summed E-state index contributed by atoms with van der Waals surface area (Å²) in [5.41, 5.74) is 3.08. The maximum atomic E-state index is 12.8. The Kier molecular flexibility index (Phi) is 5.58. The van der Waals surface area contributed by atoms with Crippen LogP contribution in [0.25, 0.3) is 0 Å². The molecule has 0 aromatic heterocycles. The van der Waals surface area contributed by atoms with Crippen LogP contribution in [0.1, 0.15) is 17.5 Å². The van der Waals surface area contributed by atoms with Gasteiger partial charge in [-0.2, -0.15) is 0 Å². The number of hydrogen-bond donors (Lipinski definition) is 0. The van der Waals surface area contributed by atoms with Crippen molar-refractivity contribution in [1.29, 1.82) is 0 Å². The molecule has 146 valence electrons. The summed E-state index contributed by atoms with van der Waals surface area (Å²) in [4.78, 5) is 22.6. The maximum Gasteiger partial charge on any atom is 0.266 e. The summed E-state index contributed by atoms with van der Waals surface area (Å²) >= 11 is 0. The van der Waals surface area contributed by atoms with Crippen molar-refractivity contribution in [3.63, 3.8) is 0 Å². The molecule has 2 aliphatic rings. The van der Waals surface area contributed by atoms with Crippen molar-refractivity contribution in [2.75, 3.05) is 33.3 Å². The molecule has 1 amide bonds. The number of oxime groups is 1. The largest absolute Gasteiger partial charge is 0.497 e. The highest BCUT2D eigenvalue weighted by Gasteiger charge is 2.33. The van der Waals surface area contributed by atoms with E-state index in [1.165, 1.54) is 5.56 Å². The van der Waals surface area contributed by atoms with Crippen molar-refractivity contribution in [1.82, 2.24) is 9.80 Å². The van der Waals surface area contributed by atoms with Crippen LogP contribution in [-0.2, 0) is 16.2 Å². The second-order valence-corrected chi connectivity index (χ2v) is 7.15. The Morgan fingerprint density at radius 2 is 1.79 bits per heavy atom. The van der Waals surface area contributed by atoms with Gasteiger partial charge in [0.15, 0.2) is 0 Å². The normalized spacial score (nSPS) is 19.8. The minimum Gasteiger partial charge on any atom is -0.497 e. The van der Waals surface area contributed by atoms with Gasteiger partial charge in [0.05, 0.1) is 12.8 Å². The highest BCUT2D eigenvalue weighted by molar-refractivity contribution is 6.04. The second kappa shape index (κ2) is 8.44. The highest BCUT2D eigenvalue weighted by Crippen LogP contribution is 2.21. The van der Waals surface area contributed by atoms with Crippen LogP contribution in [0.4, 0.5) is 0 Å². The molecule has 2 aliphatic heterocycles. The van der Waals surface area contributed by atoms with E-state index in [0.717, 1.165) is 49.7 Å². The maximum absolute atomic E-state index is 12.8. The third-order valence-corrected chi connectivity index (χ3v) is 5.30. The molecule has 1 atom stereocenters. The first-order valence-corrected chi connectivity index (χ1v) is 9.65. The number of carbonyl (C=O) groups excluding carboxylic acids is 1. The Bertz CT molecular complexity index is 828. The first-order valence-electron chi connectivity index (χ1n) is 9.65. The molecule has 4 rings (SSSR count). The van der Waals surface area contributed by atoms with Gasteiger partial charge in [0.25, 0.3) is 5.91 Å². The Morgan fingerprint density at radius 3 is 2.46 bits per heavy atom. The van der Waals surface area contributed by atoms with Crippen molar-refractivity contribution in [2.24, 2.45) is 5.16 Å². The third-order valence-electron chi connectivity index (χ3n) is 5.30. The van der Waals surface area contributed by atoms with Gasteiger partial charge >= 0.3 is 0 Å². The first kappa shape index (κ1) is 18.5. The minimum absolute atomic E-state index is 0.0339. The predicted molar refractivity (Wildman–Crippen MR) is 107 cm³/mol. The first-order chi connectivity index (χ1) is 13.7. The van der Waals surface area contributed by atoms with Crippen LogP contribution in [0.3, 0.4) is 0 Å². The summed E-state index contributed by atoms with van der Waals surface area (Å²) in [6.45, 7) is 4.12.